The molecule has 0 bridgehead atoms. The molecule has 0 atom stereocenters. The average molecular weight is 279 g/mol. The topological polar surface area (TPSA) is 52.3 Å². The molecular formula is C18H17NO2. The number of unbranched alkanes of at least 4 members (excludes halogenated alkanes) is 1. The molecule has 0 unspecified atom stereocenters. The Hall–Kier alpha value is -2.73. The van der Waals surface area contributed by atoms with Crippen LogP contribution in [0.4, 0.5) is 5.69 Å². The quantitative estimate of drug-likeness (QED) is 0.382. The number of nitrogens with two attached hydrogens (primary N) is 1. The van der Waals surface area contributed by atoms with Gasteiger partial charge in [-0.05, 0) is 55.0 Å². The number of nitrogen functional groups attached to an aromatic ring is 1. The summed E-state index contributed by atoms with van der Waals surface area (Å²) in [6.07, 6.45) is 6.70. The van der Waals surface area contributed by atoms with Crippen molar-refractivity contribution in [2.75, 3.05) is 12.3 Å². The fourth-order valence-electron chi connectivity index (χ4n) is 1.87. The van der Waals surface area contributed by atoms with Crippen molar-refractivity contribution in [1.82, 2.24) is 0 Å². The SMILES string of the molecule is C#CCCCOc1ccc(C(=O)c2ccc(N)cc2)cc1. The highest BCUT2D eigenvalue weighted by Crippen LogP contribution is 2.16. The molecule has 0 fully saturated rings. The molecule has 0 spiro atoms. The molecule has 0 amide bonds. The first-order valence-corrected chi connectivity index (χ1v) is 6.77. The predicted molar refractivity (Wildman–Crippen MR) is 84.3 cm³/mol. The fourth-order valence-corrected chi connectivity index (χ4v) is 1.87. The number of ether oxygens (including phenoxy) is 1. The molecule has 2 N–H and O–H groups in total. The molecule has 0 aliphatic heterocycles. The van der Waals surface area contributed by atoms with Gasteiger partial charge in [0.25, 0.3) is 0 Å². The second kappa shape index (κ2) is 7.16. The van der Waals surface area contributed by atoms with Gasteiger partial charge in [0, 0.05) is 23.2 Å². The smallest absolute Gasteiger partial charge is 0.193 e. The maximum atomic E-state index is 12.3. The summed E-state index contributed by atoms with van der Waals surface area (Å²) in [7, 11) is 0. The summed E-state index contributed by atoms with van der Waals surface area (Å²) in [5.74, 6) is 3.27. The Balaban J connectivity index is 2.00. The van der Waals surface area contributed by atoms with Gasteiger partial charge in [0.1, 0.15) is 5.75 Å². The first kappa shape index (κ1) is 14.7. The fraction of sp³-hybridized carbons (Fsp3) is 0.167. The maximum Gasteiger partial charge on any atom is 0.193 e. The Bertz CT molecular complexity index is 636. The minimum absolute atomic E-state index is 0.0334. The van der Waals surface area contributed by atoms with Crippen LogP contribution in [0.3, 0.4) is 0 Å². The zero-order chi connectivity index (χ0) is 15.1. The van der Waals surface area contributed by atoms with Crippen LogP contribution in [0.1, 0.15) is 28.8 Å². The zero-order valence-corrected chi connectivity index (χ0v) is 11.7. The van der Waals surface area contributed by atoms with Crippen molar-refractivity contribution in [3.05, 3.63) is 59.7 Å². The van der Waals surface area contributed by atoms with Crippen molar-refractivity contribution in [1.29, 1.82) is 0 Å². The number of terminal acetylenes is 1. The standard InChI is InChI=1S/C18H17NO2/c1-2-3-4-13-21-17-11-7-15(8-12-17)18(20)14-5-9-16(19)10-6-14/h1,5-12H,3-4,13,19H2. The van der Waals surface area contributed by atoms with Gasteiger partial charge in [0.15, 0.2) is 5.78 Å². The number of ketones is 1. The second-order valence-electron chi connectivity index (χ2n) is 4.63. The third-order valence-corrected chi connectivity index (χ3v) is 3.02. The third-order valence-electron chi connectivity index (χ3n) is 3.02. The van der Waals surface area contributed by atoms with Crippen molar-refractivity contribution in [2.24, 2.45) is 0 Å². The molecule has 21 heavy (non-hydrogen) atoms. The summed E-state index contributed by atoms with van der Waals surface area (Å²) in [5.41, 5.74) is 7.49. The molecule has 0 aliphatic rings. The monoisotopic (exact) mass is 279 g/mol. The van der Waals surface area contributed by atoms with Crippen LogP contribution < -0.4 is 10.5 Å². The summed E-state index contributed by atoms with van der Waals surface area (Å²) in [4.78, 5) is 12.3. The highest BCUT2D eigenvalue weighted by atomic mass is 16.5. The summed E-state index contributed by atoms with van der Waals surface area (Å²) in [6.45, 7) is 0.579. The molecule has 2 aromatic rings. The van der Waals surface area contributed by atoms with Gasteiger partial charge in [-0.15, -0.1) is 12.3 Å². The van der Waals surface area contributed by atoms with Crippen LogP contribution >= 0.6 is 0 Å². The largest absolute Gasteiger partial charge is 0.494 e. The molecule has 0 aromatic heterocycles. The molecule has 2 aromatic carbocycles. The Labute approximate surface area is 124 Å². The molecule has 3 nitrogen and oxygen atoms in total. The second-order valence-corrected chi connectivity index (χ2v) is 4.63. The van der Waals surface area contributed by atoms with Gasteiger partial charge >= 0.3 is 0 Å². The van der Waals surface area contributed by atoms with E-state index in [0.29, 0.717) is 29.8 Å². The Morgan fingerprint density at radius 3 is 2.19 bits per heavy atom. The van der Waals surface area contributed by atoms with Crippen molar-refractivity contribution in [3.63, 3.8) is 0 Å². The minimum Gasteiger partial charge on any atom is -0.494 e. The first-order chi connectivity index (χ1) is 10.2. The molecular weight excluding hydrogens is 262 g/mol. The summed E-state index contributed by atoms with van der Waals surface area (Å²) in [6, 6.07) is 14.0. The van der Waals surface area contributed by atoms with Gasteiger partial charge in [-0.25, -0.2) is 0 Å². The van der Waals surface area contributed by atoms with Crippen LogP contribution in [0.15, 0.2) is 48.5 Å². The summed E-state index contributed by atoms with van der Waals surface area (Å²) >= 11 is 0. The van der Waals surface area contributed by atoms with Crippen LogP contribution in [0.2, 0.25) is 0 Å². The van der Waals surface area contributed by atoms with Crippen LogP contribution in [-0.4, -0.2) is 12.4 Å². The Kier molecular flexibility index (Phi) is 5.00. The highest BCUT2D eigenvalue weighted by Gasteiger charge is 2.08. The molecule has 3 heteroatoms. The van der Waals surface area contributed by atoms with E-state index in [1.165, 1.54) is 0 Å². The van der Waals surface area contributed by atoms with Crippen LogP contribution in [0.5, 0.6) is 5.75 Å². The van der Waals surface area contributed by atoms with E-state index in [0.717, 1.165) is 12.2 Å². The van der Waals surface area contributed by atoms with Crippen molar-refractivity contribution < 1.29 is 9.53 Å². The van der Waals surface area contributed by atoms with E-state index in [4.69, 9.17) is 16.9 Å². The van der Waals surface area contributed by atoms with Crippen molar-refractivity contribution in [2.45, 2.75) is 12.8 Å². The number of benzene rings is 2. The van der Waals surface area contributed by atoms with Crippen LogP contribution in [-0.2, 0) is 0 Å². The Morgan fingerprint density at radius 1 is 1.05 bits per heavy atom. The van der Waals surface area contributed by atoms with Crippen molar-refractivity contribution >= 4 is 11.5 Å². The van der Waals surface area contributed by atoms with E-state index in [9.17, 15) is 4.79 Å². The molecule has 0 aliphatic carbocycles. The molecule has 0 radical (unpaired) electrons. The Morgan fingerprint density at radius 2 is 1.62 bits per heavy atom. The van der Waals surface area contributed by atoms with Crippen LogP contribution in [0.25, 0.3) is 0 Å². The predicted octanol–water partition coefficient (Wildman–Crippen LogP) is 3.29. The van der Waals surface area contributed by atoms with Crippen LogP contribution in [0, 0.1) is 12.3 Å². The van der Waals surface area contributed by atoms with Gasteiger partial charge in [-0.3, -0.25) is 4.79 Å². The lowest BCUT2D eigenvalue weighted by molar-refractivity contribution is 0.103. The molecule has 0 heterocycles. The number of carbonyl (C=O) groups excluding carboxylic acids is 1. The third kappa shape index (κ3) is 4.12. The zero-order valence-electron chi connectivity index (χ0n) is 11.7. The van der Waals surface area contributed by atoms with E-state index >= 15 is 0 Å². The minimum atomic E-state index is -0.0334. The lowest BCUT2D eigenvalue weighted by Crippen LogP contribution is -2.02. The normalized spacial score (nSPS) is 9.86. The number of carbonyl (C=O) groups is 1. The number of hydrogen-bond acceptors (Lipinski definition) is 3. The van der Waals surface area contributed by atoms with E-state index in [1.54, 1.807) is 48.5 Å². The van der Waals surface area contributed by atoms with E-state index in [1.807, 2.05) is 0 Å². The highest BCUT2D eigenvalue weighted by molar-refractivity contribution is 6.09. The van der Waals surface area contributed by atoms with Gasteiger partial charge in [0.05, 0.1) is 6.61 Å². The summed E-state index contributed by atoms with van der Waals surface area (Å²) < 4.78 is 5.54. The first-order valence-electron chi connectivity index (χ1n) is 6.77. The van der Waals surface area contributed by atoms with E-state index in [-0.39, 0.29) is 5.78 Å². The number of rotatable bonds is 6. The van der Waals surface area contributed by atoms with Gasteiger partial charge in [0.2, 0.25) is 0 Å². The van der Waals surface area contributed by atoms with E-state index < -0.39 is 0 Å². The molecule has 106 valence electrons. The van der Waals surface area contributed by atoms with E-state index in [2.05, 4.69) is 5.92 Å². The number of anilines is 1. The number of hydrogen-bond donors (Lipinski definition) is 1. The van der Waals surface area contributed by atoms with Gasteiger partial charge < -0.3 is 10.5 Å². The lowest BCUT2D eigenvalue weighted by Gasteiger charge is -2.06. The van der Waals surface area contributed by atoms with Gasteiger partial charge in [-0.2, -0.15) is 0 Å². The molecule has 0 saturated heterocycles. The van der Waals surface area contributed by atoms with Crippen molar-refractivity contribution in [3.8, 4) is 18.1 Å². The maximum absolute atomic E-state index is 12.3. The average Bonchev–Trinajstić information content (AvgIpc) is 2.52. The summed E-state index contributed by atoms with van der Waals surface area (Å²) in [5, 5.41) is 0. The molecule has 0 saturated carbocycles. The van der Waals surface area contributed by atoms with Gasteiger partial charge in [-0.1, -0.05) is 0 Å². The molecule has 2 rings (SSSR count). The lowest BCUT2D eigenvalue weighted by atomic mass is 10.0.